The Labute approximate surface area is 98.1 Å². The van der Waals surface area contributed by atoms with Gasteiger partial charge in [-0.25, -0.2) is 0 Å². The van der Waals surface area contributed by atoms with Gasteiger partial charge in [-0.05, 0) is 50.9 Å². The topological polar surface area (TPSA) is 38.7 Å². The van der Waals surface area contributed by atoms with Gasteiger partial charge >= 0.3 is 0 Å². The Balaban J connectivity index is 1.69. The van der Waals surface area contributed by atoms with Crippen LogP contribution in [0.15, 0.2) is 0 Å². The van der Waals surface area contributed by atoms with Gasteiger partial charge in [-0.1, -0.05) is 0 Å². The molecular weight excluding hydrogens is 204 g/mol. The zero-order chi connectivity index (χ0) is 11.4. The molecule has 0 bridgehead atoms. The summed E-state index contributed by atoms with van der Waals surface area (Å²) < 4.78 is 10.7. The SMILES string of the molecule is COCC(O)(CCCC1CCCO1)C1CC1. The molecule has 1 saturated heterocycles. The predicted octanol–water partition coefficient (Wildman–Crippen LogP) is 2.12. The molecule has 1 heterocycles. The van der Waals surface area contributed by atoms with Crippen molar-refractivity contribution in [2.24, 2.45) is 5.92 Å². The molecule has 94 valence electrons. The molecule has 2 atom stereocenters. The molecule has 0 aromatic rings. The number of ether oxygens (including phenoxy) is 2. The second kappa shape index (κ2) is 5.48. The summed E-state index contributed by atoms with van der Waals surface area (Å²) in [6.45, 7) is 1.42. The summed E-state index contributed by atoms with van der Waals surface area (Å²) in [5.41, 5.74) is -0.562. The van der Waals surface area contributed by atoms with Gasteiger partial charge in [-0.3, -0.25) is 0 Å². The monoisotopic (exact) mass is 228 g/mol. The first kappa shape index (κ1) is 12.3. The third-order valence-corrected chi connectivity index (χ3v) is 3.89. The third-order valence-electron chi connectivity index (χ3n) is 3.89. The van der Waals surface area contributed by atoms with E-state index >= 15 is 0 Å². The van der Waals surface area contributed by atoms with E-state index in [1.807, 2.05) is 0 Å². The van der Waals surface area contributed by atoms with E-state index in [-0.39, 0.29) is 0 Å². The number of hydrogen-bond acceptors (Lipinski definition) is 3. The molecule has 3 heteroatoms. The van der Waals surface area contributed by atoms with E-state index in [0.717, 1.165) is 25.9 Å². The molecule has 0 aromatic carbocycles. The van der Waals surface area contributed by atoms with Gasteiger partial charge < -0.3 is 14.6 Å². The van der Waals surface area contributed by atoms with Crippen LogP contribution in [0, 0.1) is 5.92 Å². The first-order chi connectivity index (χ1) is 7.74. The highest BCUT2D eigenvalue weighted by Crippen LogP contribution is 2.42. The minimum absolute atomic E-state index is 0.450. The molecule has 1 saturated carbocycles. The minimum Gasteiger partial charge on any atom is -0.387 e. The van der Waals surface area contributed by atoms with Crippen molar-refractivity contribution in [2.45, 2.75) is 56.7 Å². The molecule has 16 heavy (non-hydrogen) atoms. The van der Waals surface area contributed by atoms with Crippen molar-refractivity contribution in [2.75, 3.05) is 20.3 Å². The van der Waals surface area contributed by atoms with Crippen LogP contribution in [0.2, 0.25) is 0 Å². The summed E-state index contributed by atoms with van der Waals surface area (Å²) in [5.74, 6) is 0.483. The van der Waals surface area contributed by atoms with E-state index in [0.29, 0.717) is 18.6 Å². The van der Waals surface area contributed by atoms with Crippen LogP contribution in [-0.4, -0.2) is 37.1 Å². The number of rotatable bonds is 7. The van der Waals surface area contributed by atoms with Crippen molar-refractivity contribution < 1.29 is 14.6 Å². The largest absolute Gasteiger partial charge is 0.387 e. The first-order valence-electron chi connectivity index (χ1n) is 6.57. The molecule has 2 unspecified atom stereocenters. The van der Waals surface area contributed by atoms with E-state index in [2.05, 4.69) is 0 Å². The summed E-state index contributed by atoms with van der Waals surface area (Å²) in [6, 6.07) is 0. The van der Waals surface area contributed by atoms with Crippen LogP contribution < -0.4 is 0 Å². The lowest BCUT2D eigenvalue weighted by atomic mass is 9.91. The average Bonchev–Trinajstić information content (AvgIpc) is 3.00. The summed E-state index contributed by atoms with van der Waals surface area (Å²) in [4.78, 5) is 0. The van der Waals surface area contributed by atoms with Crippen LogP contribution >= 0.6 is 0 Å². The maximum absolute atomic E-state index is 10.5. The standard InChI is InChI=1S/C13H24O3/c1-15-10-13(14,11-6-7-11)8-2-4-12-5-3-9-16-12/h11-12,14H,2-10H2,1H3. The fourth-order valence-corrected chi connectivity index (χ4v) is 2.77. The molecule has 0 radical (unpaired) electrons. The number of methoxy groups -OCH3 is 1. The smallest absolute Gasteiger partial charge is 0.0907 e. The number of aliphatic hydroxyl groups is 1. The lowest BCUT2D eigenvalue weighted by Gasteiger charge is -2.27. The summed E-state index contributed by atoms with van der Waals surface area (Å²) in [6.07, 6.45) is 8.21. The molecule has 1 N–H and O–H groups in total. The average molecular weight is 228 g/mol. The highest BCUT2D eigenvalue weighted by atomic mass is 16.5. The zero-order valence-electron chi connectivity index (χ0n) is 10.3. The molecule has 2 fully saturated rings. The second-order valence-corrected chi connectivity index (χ2v) is 5.34. The Morgan fingerprint density at radius 3 is 2.75 bits per heavy atom. The van der Waals surface area contributed by atoms with Crippen molar-refractivity contribution in [3.8, 4) is 0 Å². The van der Waals surface area contributed by atoms with Crippen molar-refractivity contribution in [3.05, 3.63) is 0 Å². The van der Waals surface area contributed by atoms with Crippen molar-refractivity contribution >= 4 is 0 Å². The van der Waals surface area contributed by atoms with E-state index < -0.39 is 5.60 Å². The molecule has 0 amide bonds. The van der Waals surface area contributed by atoms with Gasteiger partial charge in [0.1, 0.15) is 0 Å². The molecule has 3 nitrogen and oxygen atoms in total. The summed E-state index contributed by atoms with van der Waals surface area (Å²) in [5, 5.41) is 10.5. The maximum Gasteiger partial charge on any atom is 0.0907 e. The van der Waals surface area contributed by atoms with E-state index in [1.54, 1.807) is 7.11 Å². The number of hydrogen-bond donors (Lipinski definition) is 1. The first-order valence-corrected chi connectivity index (χ1v) is 6.57. The van der Waals surface area contributed by atoms with Gasteiger partial charge in [0.2, 0.25) is 0 Å². The lowest BCUT2D eigenvalue weighted by molar-refractivity contribution is -0.0569. The van der Waals surface area contributed by atoms with Crippen LogP contribution in [0.4, 0.5) is 0 Å². The Morgan fingerprint density at radius 2 is 2.19 bits per heavy atom. The van der Waals surface area contributed by atoms with Crippen LogP contribution in [0.1, 0.15) is 44.9 Å². The highest BCUT2D eigenvalue weighted by molar-refractivity contribution is 4.94. The fraction of sp³-hybridized carbons (Fsp3) is 1.00. The van der Waals surface area contributed by atoms with Crippen LogP contribution in [0.25, 0.3) is 0 Å². The van der Waals surface area contributed by atoms with Crippen LogP contribution in [0.5, 0.6) is 0 Å². The second-order valence-electron chi connectivity index (χ2n) is 5.34. The Hall–Kier alpha value is -0.120. The van der Waals surface area contributed by atoms with Gasteiger partial charge in [0.15, 0.2) is 0 Å². The fourth-order valence-electron chi connectivity index (χ4n) is 2.77. The normalized spacial score (nSPS) is 29.2. The minimum atomic E-state index is -0.562. The lowest BCUT2D eigenvalue weighted by Crippen LogP contribution is -2.36. The van der Waals surface area contributed by atoms with Crippen LogP contribution in [-0.2, 0) is 9.47 Å². The summed E-state index contributed by atoms with van der Waals surface area (Å²) in [7, 11) is 1.67. The molecular formula is C13H24O3. The quantitative estimate of drug-likeness (QED) is 0.725. The third kappa shape index (κ3) is 3.19. The molecule has 2 rings (SSSR count). The van der Waals surface area contributed by atoms with Crippen LogP contribution in [0.3, 0.4) is 0 Å². The molecule has 2 aliphatic rings. The van der Waals surface area contributed by atoms with Crippen molar-refractivity contribution in [1.29, 1.82) is 0 Å². The van der Waals surface area contributed by atoms with E-state index in [4.69, 9.17) is 9.47 Å². The van der Waals surface area contributed by atoms with E-state index in [9.17, 15) is 5.11 Å². The van der Waals surface area contributed by atoms with Gasteiger partial charge in [-0.2, -0.15) is 0 Å². The Bertz CT molecular complexity index is 209. The highest BCUT2D eigenvalue weighted by Gasteiger charge is 2.43. The van der Waals surface area contributed by atoms with Gasteiger partial charge in [-0.15, -0.1) is 0 Å². The van der Waals surface area contributed by atoms with E-state index in [1.165, 1.54) is 25.7 Å². The van der Waals surface area contributed by atoms with Gasteiger partial charge in [0.05, 0.1) is 18.3 Å². The summed E-state index contributed by atoms with van der Waals surface area (Å²) >= 11 is 0. The van der Waals surface area contributed by atoms with Crippen molar-refractivity contribution in [1.82, 2.24) is 0 Å². The molecule has 1 aliphatic heterocycles. The molecule has 0 spiro atoms. The molecule has 1 aliphatic carbocycles. The van der Waals surface area contributed by atoms with Crippen molar-refractivity contribution in [3.63, 3.8) is 0 Å². The Morgan fingerprint density at radius 1 is 1.38 bits per heavy atom. The van der Waals surface area contributed by atoms with Gasteiger partial charge in [0, 0.05) is 13.7 Å². The zero-order valence-corrected chi connectivity index (χ0v) is 10.3. The van der Waals surface area contributed by atoms with Gasteiger partial charge in [0.25, 0.3) is 0 Å². The molecule has 0 aromatic heterocycles. The maximum atomic E-state index is 10.5. The predicted molar refractivity (Wildman–Crippen MR) is 62.4 cm³/mol. The Kier molecular flexibility index (Phi) is 4.22.